The van der Waals surface area contributed by atoms with Gasteiger partial charge < -0.3 is 30.9 Å². The zero-order valence-electron chi connectivity index (χ0n) is 26.1. The van der Waals surface area contributed by atoms with E-state index in [2.05, 4.69) is 26.3 Å². The molecule has 12 nitrogen and oxygen atoms in total. The van der Waals surface area contributed by atoms with E-state index < -0.39 is 64.7 Å². The molecule has 43 heavy (non-hydrogen) atoms. The smallest absolute Gasteiger partial charge is 0.315 e. The van der Waals surface area contributed by atoms with Gasteiger partial charge in [-0.05, 0) is 51.5 Å². The molecule has 3 rings (SSSR count). The summed E-state index contributed by atoms with van der Waals surface area (Å²) in [6, 6.07) is -0.376. The van der Waals surface area contributed by atoms with Gasteiger partial charge >= 0.3 is 6.03 Å². The molecule has 5 amide bonds. The Bertz CT molecular complexity index is 1190. The minimum absolute atomic E-state index is 0.00549. The first-order valence-corrected chi connectivity index (χ1v) is 15.2. The molecule has 2 aliphatic rings. The third kappa shape index (κ3) is 10.1. The fourth-order valence-electron chi connectivity index (χ4n) is 4.77. The molecular formula is C30H45ClN6O6. The number of ether oxygens (including phenoxy) is 1. The summed E-state index contributed by atoms with van der Waals surface area (Å²) in [6.45, 7) is 12.8. The van der Waals surface area contributed by atoms with Crippen molar-refractivity contribution in [3.8, 4) is 5.88 Å². The predicted octanol–water partition coefficient (Wildman–Crippen LogP) is 2.73. The monoisotopic (exact) mass is 620 g/mol. The molecule has 13 heteroatoms. The summed E-state index contributed by atoms with van der Waals surface area (Å²) in [5.74, 6) is -2.23. The van der Waals surface area contributed by atoms with E-state index in [-0.39, 0.29) is 31.3 Å². The first-order valence-electron chi connectivity index (χ1n) is 14.8. The fraction of sp³-hybridized carbons (Fsp3) is 0.667. The van der Waals surface area contributed by atoms with Gasteiger partial charge in [0, 0.05) is 30.3 Å². The van der Waals surface area contributed by atoms with Gasteiger partial charge in [-0.3, -0.25) is 19.2 Å². The van der Waals surface area contributed by atoms with E-state index in [1.807, 2.05) is 48.5 Å². The van der Waals surface area contributed by atoms with Crippen molar-refractivity contribution >= 4 is 41.1 Å². The molecule has 1 aliphatic heterocycles. The lowest BCUT2D eigenvalue weighted by molar-refractivity contribution is -0.144. The highest BCUT2D eigenvalue weighted by Gasteiger charge is 2.46. The molecule has 238 valence electrons. The number of pyridine rings is 1. The molecule has 0 spiro atoms. The molecule has 2 heterocycles. The Labute approximate surface area is 258 Å². The summed E-state index contributed by atoms with van der Waals surface area (Å²) < 4.78 is 6.02. The van der Waals surface area contributed by atoms with Crippen molar-refractivity contribution in [2.75, 3.05) is 6.54 Å². The lowest BCUT2D eigenvalue weighted by atomic mass is 9.85. The maximum atomic E-state index is 14.1. The van der Waals surface area contributed by atoms with Crippen LogP contribution in [0.25, 0.3) is 0 Å². The average Bonchev–Trinajstić information content (AvgIpc) is 3.61. The highest BCUT2D eigenvalue weighted by molar-refractivity contribution is 6.38. The van der Waals surface area contributed by atoms with Crippen molar-refractivity contribution < 1.29 is 28.7 Å². The quantitative estimate of drug-likeness (QED) is 0.277. The van der Waals surface area contributed by atoms with Crippen LogP contribution in [0.2, 0.25) is 5.02 Å². The predicted molar refractivity (Wildman–Crippen MR) is 161 cm³/mol. The van der Waals surface area contributed by atoms with E-state index >= 15 is 0 Å². The third-order valence-corrected chi connectivity index (χ3v) is 7.28. The summed E-state index contributed by atoms with van der Waals surface area (Å²) in [4.78, 5) is 71.7. The van der Waals surface area contributed by atoms with E-state index in [1.54, 1.807) is 12.1 Å². The molecule has 1 unspecified atom stereocenters. The number of nitrogens with one attached hydrogen (secondary N) is 4. The zero-order chi connectivity index (χ0) is 32.1. The SMILES string of the molecule is CCC[C@H](NC(=O)[C@@H]1C[C@@H](Oc2ccc(Cl)cn2)CN1C(=O)C(NC(=O)NC(C)(C)C)C(C)(C)C)C(=O)C(=O)NC1CC1. The van der Waals surface area contributed by atoms with Crippen molar-refractivity contribution in [1.82, 2.24) is 31.2 Å². The third-order valence-electron chi connectivity index (χ3n) is 7.06. The summed E-state index contributed by atoms with van der Waals surface area (Å²) in [7, 11) is 0. The van der Waals surface area contributed by atoms with E-state index in [0.29, 0.717) is 11.4 Å². The lowest BCUT2D eigenvalue weighted by Gasteiger charge is -2.36. The Morgan fingerprint density at radius 3 is 2.28 bits per heavy atom. The topological polar surface area (TPSA) is 159 Å². The molecule has 4 atom stereocenters. The van der Waals surface area contributed by atoms with Crippen LogP contribution in [0.5, 0.6) is 5.88 Å². The maximum absolute atomic E-state index is 14.1. The van der Waals surface area contributed by atoms with E-state index in [0.717, 1.165) is 12.8 Å². The van der Waals surface area contributed by atoms with Gasteiger partial charge in [0.2, 0.25) is 23.5 Å². The number of nitrogens with zero attached hydrogens (tertiary/aromatic N) is 2. The number of carbonyl (C=O) groups excluding carboxylic acids is 5. The van der Waals surface area contributed by atoms with Crippen molar-refractivity contribution in [3.63, 3.8) is 0 Å². The number of halogens is 1. The molecule has 0 bridgehead atoms. The molecule has 1 aliphatic carbocycles. The van der Waals surface area contributed by atoms with Crippen LogP contribution in [-0.2, 0) is 19.2 Å². The van der Waals surface area contributed by atoms with Crippen molar-refractivity contribution in [2.24, 2.45) is 5.41 Å². The number of hydrogen-bond donors (Lipinski definition) is 4. The second-order valence-corrected chi connectivity index (χ2v) is 13.8. The number of Topliss-reactive ketones (excluding diaryl/α,β-unsaturated/α-hetero) is 1. The van der Waals surface area contributed by atoms with Crippen LogP contribution in [0, 0.1) is 5.41 Å². The molecular weight excluding hydrogens is 576 g/mol. The number of hydrogen-bond acceptors (Lipinski definition) is 7. The molecule has 2 fully saturated rings. The van der Waals surface area contributed by atoms with Crippen molar-refractivity contribution in [2.45, 2.75) is 116 Å². The zero-order valence-corrected chi connectivity index (χ0v) is 26.8. The second kappa shape index (κ2) is 13.9. The fourth-order valence-corrected chi connectivity index (χ4v) is 4.88. The molecule has 0 aromatic carbocycles. The molecule has 1 saturated carbocycles. The number of urea groups is 1. The summed E-state index contributed by atoms with van der Waals surface area (Å²) in [5, 5.41) is 11.4. The van der Waals surface area contributed by atoms with Crippen molar-refractivity contribution in [3.05, 3.63) is 23.4 Å². The first kappa shape index (κ1) is 34.1. The van der Waals surface area contributed by atoms with Crippen molar-refractivity contribution in [1.29, 1.82) is 0 Å². The van der Waals surface area contributed by atoms with Gasteiger partial charge in [0.15, 0.2) is 0 Å². The van der Waals surface area contributed by atoms with Crippen LogP contribution < -0.4 is 26.0 Å². The molecule has 1 saturated heterocycles. The largest absolute Gasteiger partial charge is 0.472 e. The number of amides is 5. The molecule has 1 aromatic rings. The number of aromatic nitrogens is 1. The normalized spacial score (nSPS) is 20.0. The number of rotatable bonds is 11. The standard InChI is InChI=1S/C30H45ClN6O6/c1-8-9-20(23(38)26(40)33-18-11-12-18)34-25(39)21-14-19(43-22-13-10-17(31)15-32-22)16-37(21)27(41)24(29(2,3)4)35-28(42)36-30(5,6)7/h10,13,15,18-21,24H,8-9,11-12,14,16H2,1-7H3,(H,33,40)(H,34,39)(H2,35,36,42)/t19-,20+,21+,24?/m1/s1. The van der Waals surface area contributed by atoms with Gasteiger partial charge in [0.05, 0.1) is 17.6 Å². The Hall–Kier alpha value is -3.41. The van der Waals surface area contributed by atoms with Gasteiger partial charge in [0.25, 0.3) is 5.91 Å². The Morgan fingerprint density at radius 1 is 1.07 bits per heavy atom. The number of likely N-dealkylation sites (tertiary alicyclic amines) is 1. The van der Waals surface area contributed by atoms with Gasteiger partial charge in [0.1, 0.15) is 18.2 Å². The van der Waals surface area contributed by atoms with Crippen LogP contribution >= 0.6 is 11.6 Å². The van der Waals surface area contributed by atoms with E-state index in [9.17, 15) is 24.0 Å². The minimum Gasteiger partial charge on any atom is -0.472 e. The van der Waals surface area contributed by atoms with Gasteiger partial charge in [-0.25, -0.2) is 9.78 Å². The van der Waals surface area contributed by atoms with Crippen LogP contribution in [0.3, 0.4) is 0 Å². The first-order chi connectivity index (χ1) is 20.0. The highest BCUT2D eigenvalue weighted by Crippen LogP contribution is 2.28. The van der Waals surface area contributed by atoms with Crippen LogP contribution in [0.1, 0.15) is 80.6 Å². The van der Waals surface area contributed by atoms with Crippen LogP contribution in [-0.4, -0.2) is 81.8 Å². The van der Waals surface area contributed by atoms with Gasteiger partial charge in [-0.1, -0.05) is 45.7 Å². The number of carbonyl (C=O) groups is 5. The maximum Gasteiger partial charge on any atom is 0.315 e. The summed E-state index contributed by atoms with van der Waals surface area (Å²) in [6.07, 6.45) is 3.38. The Morgan fingerprint density at radius 2 is 1.74 bits per heavy atom. The Balaban J connectivity index is 1.86. The molecule has 1 aromatic heterocycles. The van der Waals surface area contributed by atoms with E-state index in [4.69, 9.17) is 16.3 Å². The molecule has 4 N–H and O–H groups in total. The second-order valence-electron chi connectivity index (χ2n) is 13.4. The summed E-state index contributed by atoms with van der Waals surface area (Å²) in [5.41, 5.74) is -1.26. The van der Waals surface area contributed by atoms with Crippen LogP contribution in [0.4, 0.5) is 4.79 Å². The summed E-state index contributed by atoms with van der Waals surface area (Å²) >= 11 is 5.95. The lowest BCUT2D eigenvalue weighted by Crippen LogP contribution is -2.61. The average molecular weight is 621 g/mol. The highest BCUT2D eigenvalue weighted by atomic mass is 35.5. The number of ketones is 1. The van der Waals surface area contributed by atoms with Gasteiger partial charge in [-0.2, -0.15) is 0 Å². The minimum atomic E-state index is -1.04. The van der Waals surface area contributed by atoms with Crippen LogP contribution in [0.15, 0.2) is 18.3 Å². The van der Waals surface area contributed by atoms with E-state index in [1.165, 1.54) is 11.1 Å². The Kier molecular flexibility index (Phi) is 11.0. The van der Waals surface area contributed by atoms with Gasteiger partial charge in [-0.15, -0.1) is 0 Å². The molecule has 0 radical (unpaired) electrons.